The Bertz CT molecular complexity index is 199. The van der Waals surface area contributed by atoms with Crippen molar-refractivity contribution in [2.45, 2.75) is 52.1 Å². The summed E-state index contributed by atoms with van der Waals surface area (Å²) in [5.74, 6) is 0.595. The number of piperidine rings is 1. The third-order valence-electron chi connectivity index (χ3n) is 3.46. The van der Waals surface area contributed by atoms with Crippen LogP contribution in [0.25, 0.3) is 0 Å². The largest absolute Gasteiger partial charge is 0.307 e. The van der Waals surface area contributed by atoms with Gasteiger partial charge in [0, 0.05) is 25.2 Å². The van der Waals surface area contributed by atoms with Crippen molar-refractivity contribution in [3.63, 3.8) is 0 Å². The SMILES string of the molecule is CCC(C)N1CC(C)CC(NCC(F)F)C1. The minimum Gasteiger partial charge on any atom is -0.307 e. The molecule has 2 nitrogen and oxygen atoms in total. The van der Waals surface area contributed by atoms with Crippen molar-refractivity contribution in [2.24, 2.45) is 5.92 Å². The number of likely N-dealkylation sites (tertiary alicyclic amines) is 1. The molecule has 1 rings (SSSR count). The van der Waals surface area contributed by atoms with Gasteiger partial charge in [-0.15, -0.1) is 0 Å². The number of nitrogens with one attached hydrogen (secondary N) is 1. The first-order valence-electron chi connectivity index (χ1n) is 6.28. The lowest BCUT2D eigenvalue weighted by molar-refractivity contribution is 0.0914. The van der Waals surface area contributed by atoms with Gasteiger partial charge in [0.05, 0.1) is 6.54 Å². The fourth-order valence-corrected chi connectivity index (χ4v) is 2.41. The van der Waals surface area contributed by atoms with Crippen molar-refractivity contribution in [1.82, 2.24) is 10.2 Å². The molecule has 16 heavy (non-hydrogen) atoms. The van der Waals surface area contributed by atoms with Crippen LogP contribution in [0.5, 0.6) is 0 Å². The van der Waals surface area contributed by atoms with E-state index in [1.807, 2.05) is 0 Å². The molecule has 0 saturated carbocycles. The Balaban J connectivity index is 2.41. The maximum absolute atomic E-state index is 12.1. The fraction of sp³-hybridized carbons (Fsp3) is 1.00. The van der Waals surface area contributed by atoms with Gasteiger partial charge in [-0.1, -0.05) is 13.8 Å². The highest BCUT2D eigenvalue weighted by Crippen LogP contribution is 2.19. The van der Waals surface area contributed by atoms with Gasteiger partial charge in [-0.25, -0.2) is 8.78 Å². The van der Waals surface area contributed by atoms with Gasteiger partial charge in [0.2, 0.25) is 0 Å². The summed E-state index contributed by atoms with van der Waals surface area (Å²) in [5, 5.41) is 2.97. The van der Waals surface area contributed by atoms with Crippen molar-refractivity contribution >= 4 is 0 Å². The van der Waals surface area contributed by atoms with Crippen LogP contribution in [0.2, 0.25) is 0 Å². The highest BCUT2D eigenvalue weighted by Gasteiger charge is 2.27. The van der Waals surface area contributed by atoms with Crippen LogP contribution in [-0.2, 0) is 0 Å². The lowest BCUT2D eigenvalue weighted by Gasteiger charge is -2.40. The van der Waals surface area contributed by atoms with Gasteiger partial charge in [0.15, 0.2) is 0 Å². The van der Waals surface area contributed by atoms with Crippen LogP contribution < -0.4 is 5.32 Å². The molecule has 0 spiro atoms. The van der Waals surface area contributed by atoms with Crippen LogP contribution >= 0.6 is 0 Å². The summed E-state index contributed by atoms with van der Waals surface area (Å²) in [7, 11) is 0. The fourth-order valence-electron chi connectivity index (χ4n) is 2.41. The molecule has 96 valence electrons. The van der Waals surface area contributed by atoms with Gasteiger partial charge >= 0.3 is 0 Å². The van der Waals surface area contributed by atoms with Gasteiger partial charge in [0.1, 0.15) is 0 Å². The Kier molecular flexibility index (Phi) is 5.62. The molecule has 1 fully saturated rings. The molecule has 1 aliphatic rings. The monoisotopic (exact) mass is 234 g/mol. The topological polar surface area (TPSA) is 15.3 Å². The molecule has 1 aliphatic heterocycles. The van der Waals surface area contributed by atoms with Crippen LogP contribution in [0.15, 0.2) is 0 Å². The van der Waals surface area contributed by atoms with Crippen LogP contribution in [0, 0.1) is 5.92 Å². The van der Waals surface area contributed by atoms with E-state index in [4.69, 9.17) is 0 Å². The third kappa shape index (κ3) is 4.34. The minimum absolute atomic E-state index is 0.175. The zero-order valence-electron chi connectivity index (χ0n) is 10.5. The van der Waals surface area contributed by atoms with E-state index in [0.29, 0.717) is 12.0 Å². The molecule has 0 amide bonds. The van der Waals surface area contributed by atoms with Gasteiger partial charge in [-0.2, -0.15) is 0 Å². The number of nitrogens with zero attached hydrogens (tertiary/aromatic N) is 1. The van der Waals surface area contributed by atoms with Crippen molar-refractivity contribution < 1.29 is 8.78 Å². The van der Waals surface area contributed by atoms with Crippen LogP contribution in [-0.4, -0.2) is 43.0 Å². The number of hydrogen-bond donors (Lipinski definition) is 1. The minimum atomic E-state index is -2.24. The van der Waals surface area contributed by atoms with Crippen LogP contribution in [0.1, 0.15) is 33.6 Å². The Labute approximate surface area is 97.4 Å². The number of rotatable bonds is 5. The van der Waals surface area contributed by atoms with Crippen LogP contribution in [0.4, 0.5) is 8.78 Å². The second-order valence-electron chi connectivity index (χ2n) is 5.05. The van der Waals surface area contributed by atoms with Gasteiger partial charge in [-0.05, 0) is 25.7 Å². The average molecular weight is 234 g/mol. The maximum Gasteiger partial charge on any atom is 0.250 e. The predicted octanol–water partition coefficient (Wildman–Crippen LogP) is 2.35. The lowest BCUT2D eigenvalue weighted by Crippen LogP contribution is -2.52. The Morgan fingerprint density at radius 1 is 1.38 bits per heavy atom. The molecule has 1 N–H and O–H groups in total. The average Bonchev–Trinajstić information content (AvgIpc) is 2.24. The number of hydrogen-bond acceptors (Lipinski definition) is 2. The van der Waals surface area contributed by atoms with Gasteiger partial charge in [0.25, 0.3) is 6.43 Å². The maximum atomic E-state index is 12.1. The normalized spacial score (nSPS) is 29.6. The zero-order valence-corrected chi connectivity index (χ0v) is 10.5. The summed E-state index contributed by atoms with van der Waals surface area (Å²) in [5.41, 5.74) is 0. The molecule has 1 saturated heterocycles. The zero-order chi connectivity index (χ0) is 12.1. The van der Waals surface area contributed by atoms with E-state index < -0.39 is 6.43 Å². The first-order valence-corrected chi connectivity index (χ1v) is 6.28. The van der Waals surface area contributed by atoms with E-state index in [-0.39, 0.29) is 12.6 Å². The summed E-state index contributed by atoms with van der Waals surface area (Å²) in [4.78, 5) is 2.41. The molecule has 0 aromatic carbocycles. The molecular formula is C12H24F2N2. The lowest BCUT2D eigenvalue weighted by atomic mass is 9.94. The first kappa shape index (κ1) is 13.8. The summed E-state index contributed by atoms with van der Waals surface area (Å²) in [6.07, 6.45) is -0.109. The van der Waals surface area contributed by atoms with E-state index in [9.17, 15) is 8.78 Å². The van der Waals surface area contributed by atoms with Gasteiger partial charge < -0.3 is 5.32 Å². The molecule has 0 radical (unpaired) electrons. The van der Waals surface area contributed by atoms with E-state index in [0.717, 1.165) is 25.9 Å². The number of halogens is 2. The standard InChI is InChI=1S/C12H24F2N2/c1-4-10(3)16-7-9(2)5-11(8-16)15-6-12(13)14/h9-12,15H,4-8H2,1-3H3. The summed E-state index contributed by atoms with van der Waals surface area (Å²) < 4.78 is 24.3. The van der Waals surface area contributed by atoms with Crippen molar-refractivity contribution in [2.75, 3.05) is 19.6 Å². The molecule has 0 aromatic heterocycles. The highest BCUT2D eigenvalue weighted by atomic mass is 19.3. The smallest absolute Gasteiger partial charge is 0.250 e. The molecule has 3 atom stereocenters. The van der Waals surface area contributed by atoms with E-state index in [2.05, 4.69) is 31.0 Å². The van der Waals surface area contributed by atoms with E-state index in [1.54, 1.807) is 0 Å². The Morgan fingerprint density at radius 3 is 2.62 bits per heavy atom. The van der Waals surface area contributed by atoms with Crippen molar-refractivity contribution in [3.05, 3.63) is 0 Å². The first-order chi connectivity index (χ1) is 7.52. The quantitative estimate of drug-likeness (QED) is 0.785. The summed E-state index contributed by atoms with van der Waals surface area (Å²) in [6.45, 7) is 8.42. The molecule has 0 aromatic rings. The molecule has 1 heterocycles. The summed E-state index contributed by atoms with van der Waals surface area (Å²) >= 11 is 0. The van der Waals surface area contributed by atoms with E-state index >= 15 is 0 Å². The summed E-state index contributed by atoms with van der Waals surface area (Å²) in [6, 6.07) is 0.783. The van der Waals surface area contributed by atoms with Gasteiger partial charge in [-0.3, -0.25) is 4.90 Å². The Hall–Kier alpha value is -0.220. The molecule has 3 unspecified atom stereocenters. The Morgan fingerprint density at radius 2 is 2.06 bits per heavy atom. The molecule has 0 aliphatic carbocycles. The van der Waals surface area contributed by atoms with Crippen molar-refractivity contribution in [1.29, 1.82) is 0 Å². The third-order valence-corrected chi connectivity index (χ3v) is 3.46. The second kappa shape index (κ2) is 6.50. The van der Waals surface area contributed by atoms with Crippen molar-refractivity contribution in [3.8, 4) is 0 Å². The van der Waals surface area contributed by atoms with E-state index in [1.165, 1.54) is 0 Å². The molecule has 4 heteroatoms. The predicted molar refractivity (Wildman–Crippen MR) is 62.9 cm³/mol. The molecular weight excluding hydrogens is 210 g/mol. The molecule has 0 bridgehead atoms. The van der Waals surface area contributed by atoms with Crippen LogP contribution in [0.3, 0.4) is 0 Å². The highest BCUT2D eigenvalue weighted by molar-refractivity contribution is 4.84. The number of alkyl halides is 2. The second-order valence-corrected chi connectivity index (χ2v) is 5.05.